The number of aromatic amines is 1. The quantitative estimate of drug-likeness (QED) is 0.905. The molecule has 0 saturated carbocycles. The molecule has 5 nitrogen and oxygen atoms in total. The molecule has 2 rings (SSSR count). The monoisotopic (exact) mass is 329 g/mol. The second-order valence-corrected chi connectivity index (χ2v) is 4.57. The highest BCUT2D eigenvalue weighted by Crippen LogP contribution is 2.30. The van der Waals surface area contributed by atoms with Crippen molar-refractivity contribution in [3.05, 3.63) is 49.9 Å². The van der Waals surface area contributed by atoms with Crippen LogP contribution in [0.3, 0.4) is 0 Å². The molecule has 1 aromatic heterocycles. The Hall–Kier alpha value is -1.37. The molecule has 0 spiro atoms. The van der Waals surface area contributed by atoms with Crippen LogP contribution in [-0.2, 0) is 6.54 Å². The van der Waals surface area contributed by atoms with Crippen LogP contribution in [0.2, 0.25) is 5.02 Å². The summed E-state index contributed by atoms with van der Waals surface area (Å²) in [5, 5.41) is 0.510. The van der Waals surface area contributed by atoms with Crippen molar-refractivity contribution in [3.63, 3.8) is 0 Å². The Labute approximate surface area is 116 Å². The minimum absolute atomic E-state index is 0.163. The predicted octanol–water partition coefficient (Wildman–Crippen LogP) is 2.44. The molecule has 0 radical (unpaired) electrons. The summed E-state index contributed by atoms with van der Waals surface area (Å²) in [6.07, 6.45) is 1.26. The van der Waals surface area contributed by atoms with Crippen LogP contribution in [0.4, 0.5) is 0 Å². The van der Waals surface area contributed by atoms with Gasteiger partial charge in [0.05, 0.1) is 6.33 Å². The molecule has 0 fully saturated rings. The zero-order valence-corrected chi connectivity index (χ0v) is 11.5. The van der Waals surface area contributed by atoms with Crippen LogP contribution in [0.1, 0.15) is 5.56 Å². The first-order valence-corrected chi connectivity index (χ1v) is 6.19. The molecule has 18 heavy (non-hydrogen) atoms. The second-order valence-electron chi connectivity index (χ2n) is 3.37. The number of aromatic nitrogens is 2. The van der Waals surface area contributed by atoms with Crippen molar-refractivity contribution >= 4 is 27.5 Å². The van der Waals surface area contributed by atoms with Gasteiger partial charge in [0.15, 0.2) is 0 Å². The number of benzene rings is 1. The Balaban J connectivity index is 2.43. The zero-order chi connectivity index (χ0) is 13.1. The van der Waals surface area contributed by atoms with E-state index in [2.05, 4.69) is 25.9 Å². The van der Waals surface area contributed by atoms with Gasteiger partial charge in [0.1, 0.15) is 10.2 Å². The summed E-state index contributed by atoms with van der Waals surface area (Å²) in [7, 11) is 0. The van der Waals surface area contributed by atoms with Crippen LogP contribution >= 0.6 is 27.5 Å². The van der Waals surface area contributed by atoms with E-state index < -0.39 is 0 Å². The Kier molecular flexibility index (Phi) is 4.00. The Morgan fingerprint density at radius 1 is 1.50 bits per heavy atom. The molecule has 0 aliphatic rings. The third kappa shape index (κ3) is 2.55. The van der Waals surface area contributed by atoms with Crippen LogP contribution in [0.5, 0.6) is 11.6 Å². The molecule has 0 saturated heterocycles. The lowest BCUT2D eigenvalue weighted by molar-refractivity contribution is 0.451. The van der Waals surface area contributed by atoms with E-state index in [9.17, 15) is 4.79 Å². The number of hydrogen-bond donors (Lipinski definition) is 2. The van der Waals surface area contributed by atoms with Gasteiger partial charge in [0.25, 0.3) is 5.56 Å². The average Bonchev–Trinajstić information content (AvgIpc) is 2.35. The third-order valence-electron chi connectivity index (χ3n) is 2.25. The SMILES string of the molecule is NCc1c(Cl)cccc1Oc1nc[nH]c(=O)c1Br. The van der Waals surface area contributed by atoms with E-state index >= 15 is 0 Å². The minimum Gasteiger partial charge on any atom is -0.437 e. The number of ether oxygens (including phenoxy) is 1. The fourth-order valence-corrected chi connectivity index (χ4v) is 1.92. The average molecular weight is 331 g/mol. The van der Waals surface area contributed by atoms with Crippen LogP contribution in [0.15, 0.2) is 33.8 Å². The van der Waals surface area contributed by atoms with Crippen LogP contribution in [-0.4, -0.2) is 9.97 Å². The molecule has 3 N–H and O–H groups in total. The largest absolute Gasteiger partial charge is 0.437 e. The fraction of sp³-hybridized carbons (Fsp3) is 0.0909. The van der Waals surface area contributed by atoms with Crippen LogP contribution < -0.4 is 16.0 Å². The number of halogens is 2. The lowest BCUT2D eigenvalue weighted by Crippen LogP contribution is -2.09. The van der Waals surface area contributed by atoms with Crippen molar-refractivity contribution in [2.24, 2.45) is 5.73 Å². The first-order chi connectivity index (χ1) is 8.63. The van der Waals surface area contributed by atoms with E-state index in [1.165, 1.54) is 6.33 Å². The van der Waals surface area contributed by atoms with Crippen LogP contribution in [0, 0.1) is 0 Å². The molecule has 0 atom stereocenters. The van der Waals surface area contributed by atoms with E-state index in [0.717, 1.165) is 0 Å². The smallest absolute Gasteiger partial charge is 0.268 e. The lowest BCUT2D eigenvalue weighted by Gasteiger charge is -2.10. The summed E-state index contributed by atoms with van der Waals surface area (Å²) in [4.78, 5) is 17.7. The number of hydrogen-bond acceptors (Lipinski definition) is 4. The highest BCUT2D eigenvalue weighted by molar-refractivity contribution is 9.10. The molecular formula is C11H9BrClN3O2. The summed E-state index contributed by atoms with van der Waals surface area (Å²) in [5.74, 6) is 0.638. The van der Waals surface area contributed by atoms with Crippen molar-refractivity contribution < 1.29 is 4.74 Å². The molecule has 1 aromatic carbocycles. The first-order valence-electron chi connectivity index (χ1n) is 5.02. The second kappa shape index (κ2) is 5.51. The standard InChI is InChI=1S/C11H9BrClN3O2/c12-9-10(17)15-5-16-11(9)18-8-3-1-2-7(13)6(8)4-14/h1-3,5H,4,14H2,(H,15,16,17). The maximum Gasteiger partial charge on any atom is 0.268 e. The van der Waals surface area contributed by atoms with E-state index in [1.54, 1.807) is 18.2 Å². The van der Waals surface area contributed by atoms with E-state index in [4.69, 9.17) is 22.1 Å². The topological polar surface area (TPSA) is 81.0 Å². The van der Waals surface area contributed by atoms with Gasteiger partial charge >= 0.3 is 0 Å². The van der Waals surface area contributed by atoms with Crippen molar-refractivity contribution in [1.82, 2.24) is 9.97 Å². The first kappa shape index (κ1) is 13.1. The molecule has 0 aliphatic carbocycles. The maximum absolute atomic E-state index is 11.4. The van der Waals surface area contributed by atoms with Gasteiger partial charge in [-0.15, -0.1) is 0 Å². The Morgan fingerprint density at radius 2 is 2.28 bits per heavy atom. The molecular weight excluding hydrogens is 321 g/mol. The number of nitrogens with zero attached hydrogens (tertiary/aromatic N) is 1. The molecule has 94 valence electrons. The molecule has 0 bridgehead atoms. The molecule has 0 unspecified atom stereocenters. The summed E-state index contributed by atoms with van der Waals surface area (Å²) in [5.41, 5.74) is 5.95. The zero-order valence-electron chi connectivity index (χ0n) is 9.11. The van der Waals surface area contributed by atoms with Crippen molar-refractivity contribution in [1.29, 1.82) is 0 Å². The Bertz CT molecular complexity index is 630. The van der Waals surface area contributed by atoms with Crippen molar-refractivity contribution in [2.75, 3.05) is 0 Å². The van der Waals surface area contributed by atoms with Gasteiger partial charge in [0.2, 0.25) is 5.88 Å². The molecule has 2 aromatic rings. The Morgan fingerprint density at radius 3 is 3.00 bits per heavy atom. The van der Waals surface area contributed by atoms with Crippen molar-refractivity contribution in [3.8, 4) is 11.6 Å². The van der Waals surface area contributed by atoms with E-state index in [1.807, 2.05) is 0 Å². The van der Waals surface area contributed by atoms with Gasteiger partial charge in [-0.3, -0.25) is 4.79 Å². The summed E-state index contributed by atoms with van der Waals surface area (Å²) in [6, 6.07) is 5.16. The molecule has 0 amide bonds. The minimum atomic E-state index is -0.323. The fourth-order valence-electron chi connectivity index (χ4n) is 1.37. The number of rotatable bonds is 3. The normalized spacial score (nSPS) is 10.4. The molecule has 1 heterocycles. The highest BCUT2D eigenvalue weighted by atomic mass is 79.9. The summed E-state index contributed by atoms with van der Waals surface area (Å²) in [6.45, 7) is 0.232. The number of nitrogens with one attached hydrogen (secondary N) is 1. The maximum atomic E-state index is 11.4. The van der Waals surface area contributed by atoms with Gasteiger partial charge < -0.3 is 15.5 Å². The van der Waals surface area contributed by atoms with Crippen LogP contribution in [0.25, 0.3) is 0 Å². The molecule has 7 heteroatoms. The van der Waals surface area contributed by atoms with Gasteiger partial charge in [-0.1, -0.05) is 17.7 Å². The van der Waals surface area contributed by atoms with E-state index in [0.29, 0.717) is 16.3 Å². The van der Waals surface area contributed by atoms with Crippen molar-refractivity contribution in [2.45, 2.75) is 6.54 Å². The summed E-state index contributed by atoms with van der Waals surface area (Å²) < 4.78 is 5.77. The van der Waals surface area contributed by atoms with Gasteiger partial charge in [-0.25, -0.2) is 4.98 Å². The van der Waals surface area contributed by atoms with Gasteiger partial charge in [0, 0.05) is 17.1 Å². The lowest BCUT2D eigenvalue weighted by atomic mass is 10.2. The third-order valence-corrected chi connectivity index (χ3v) is 3.30. The molecule has 0 aliphatic heterocycles. The van der Waals surface area contributed by atoms with Gasteiger partial charge in [-0.05, 0) is 28.1 Å². The highest BCUT2D eigenvalue weighted by Gasteiger charge is 2.12. The predicted molar refractivity (Wildman–Crippen MR) is 72.0 cm³/mol. The van der Waals surface area contributed by atoms with E-state index in [-0.39, 0.29) is 22.5 Å². The number of nitrogens with two attached hydrogens (primary N) is 1. The summed E-state index contributed by atoms with van der Waals surface area (Å²) >= 11 is 9.11. The number of H-pyrrole nitrogens is 1. The van der Waals surface area contributed by atoms with Gasteiger partial charge in [-0.2, -0.15) is 0 Å².